The molecule has 0 aliphatic heterocycles. The molecule has 1 heterocycles. The molecule has 0 aromatic carbocycles. The largest absolute Gasteiger partial charge is 0.284 e. The standard InChI is InChI=1S/C3H5N3O2S/c4-9(7,8)3-1-5-6-2-3/h1-2H,(H,5,6)(H2,4,7,8). The SMILES string of the molecule is NS(=O)(=O)c1cn[nH]c1. The molecule has 9 heavy (non-hydrogen) atoms. The Kier molecular flexibility index (Phi) is 1.26. The normalized spacial score (nSPS) is 11.7. The van der Waals surface area contributed by atoms with Gasteiger partial charge < -0.3 is 0 Å². The summed E-state index contributed by atoms with van der Waals surface area (Å²) >= 11 is 0. The minimum atomic E-state index is -3.55. The first-order valence-corrected chi connectivity index (χ1v) is 3.67. The van der Waals surface area contributed by atoms with Crippen LogP contribution in [-0.2, 0) is 10.0 Å². The number of primary sulfonamides is 1. The number of nitrogens with two attached hydrogens (primary N) is 1. The first-order valence-electron chi connectivity index (χ1n) is 2.12. The summed E-state index contributed by atoms with van der Waals surface area (Å²) in [6, 6.07) is 0. The Balaban J connectivity index is 3.20. The van der Waals surface area contributed by atoms with Crippen LogP contribution in [0.15, 0.2) is 17.3 Å². The monoisotopic (exact) mass is 147 g/mol. The lowest BCUT2D eigenvalue weighted by Gasteiger charge is -1.85. The predicted molar refractivity (Wildman–Crippen MR) is 30.0 cm³/mol. The zero-order valence-corrected chi connectivity index (χ0v) is 5.22. The second-order valence-electron chi connectivity index (χ2n) is 1.48. The third-order valence-electron chi connectivity index (χ3n) is 0.802. The van der Waals surface area contributed by atoms with E-state index in [9.17, 15) is 8.42 Å². The lowest BCUT2D eigenvalue weighted by Crippen LogP contribution is -2.10. The molecule has 0 aliphatic rings. The van der Waals surface area contributed by atoms with Crippen LogP contribution in [0, 0.1) is 0 Å². The molecule has 0 spiro atoms. The fourth-order valence-corrected chi connectivity index (χ4v) is 0.811. The summed E-state index contributed by atoms with van der Waals surface area (Å²) in [6.45, 7) is 0. The number of aromatic nitrogens is 2. The Bertz CT molecular complexity index is 274. The number of sulfonamides is 1. The first-order chi connectivity index (χ1) is 4.11. The number of aromatic amines is 1. The molecule has 3 N–H and O–H groups in total. The summed E-state index contributed by atoms with van der Waals surface area (Å²) in [6.07, 6.45) is 2.37. The van der Waals surface area contributed by atoms with Crippen molar-refractivity contribution in [2.24, 2.45) is 5.14 Å². The van der Waals surface area contributed by atoms with Crippen molar-refractivity contribution >= 4 is 10.0 Å². The zero-order chi connectivity index (χ0) is 6.91. The zero-order valence-electron chi connectivity index (χ0n) is 4.40. The van der Waals surface area contributed by atoms with Crippen LogP contribution >= 0.6 is 0 Å². The second-order valence-corrected chi connectivity index (χ2v) is 3.04. The average molecular weight is 147 g/mol. The molecular weight excluding hydrogens is 142 g/mol. The van der Waals surface area contributed by atoms with Crippen LogP contribution in [0.3, 0.4) is 0 Å². The summed E-state index contributed by atoms with van der Waals surface area (Å²) in [5.74, 6) is 0. The molecule has 1 aromatic heterocycles. The van der Waals surface area contributed by atoms with Gasteiger partial charge in [0.15, 0.2) is 0 Å². The summed E-state index contributed by atoms with van der Waals surface area (Å²) in [4.78, 5) is 0.00231. The van der Waals surface area contributed by atoms with Gasteiger partial charge in [-0.3, -0.25) is 5.10 Å². The van der Waals surface area contributed by atoms with Gasteiger partial charge in [-0.1, -0.05) is 0 Å². The lowest BCUT2D eigenvalue weighted by atomic mass is 10.7. The summed E-state index contributed by atoms with van der Waals surface area (Å²) in [5.41, 5.74) is 0. The Hall–Kier alpha value is -0.880. The van der Waals surface area contributed by atoms with E-state index >= 15 is 0 Å². The molecule has 0 amide bonds. The average Bonchev–Trinajstić information content (AvgIpc) is 2.08. The molecule has 0 radical (unpaired) electrons. The number of hydrogen-bond acceptors (Lipinski definition) is 3. The van der Waals surface area contributed by atoms with Crippen molar-refractivity contribution in [3.8, 4) is 0 Å². The fourth-order valence-electron chi connectivity index (χ4n) is 0.395. The van der Waals surface area contributed by atoms with E-state index in [0.717, 1.165) is 6.20 Å². The van der Waals surface area contributed by atoms with E-state index in [1.54, 1.807) is 0 Å². The maximum Gasteiger partial charge on any atom is 0.241 e. The predicted octanol–water partition coefficient (Wildman–Crippen LogP) is -0.943. The van der Waals surface area contributed by atoms with Gasteiger partial charge in [0, 0.05) is 6.20 Å². The van der Waals surface area contributed by atoms with Crippen LogP contribution < -0.4 is 5.14 Å². The third kappa shape index (κ3) is 1.27. The highest BCUT2D eigenvalue weighted by Gasteiger charge is 2.06. The van der Waals surface area contributed by atoms with Crippen molar-refractivity contribution in [1.82, 2.24) is 10.2 Å². The molecule has 0 atom stereocenters. The van der Waals surface area contributed by atoms with Gasteiger partial charge in [-0.25, -0.2) is 13.6 Å². The molecule has 6 heteroatoms. The molecule has 0 fully saturated rings. The van der Waals surface area contributed by atoms with Gasteiger partial charge in [0.1, 0.15) is 4.90 Å². The molecule has 0 bridgehead atoms. The minimum absolute atomic E-state index is 0.00231. The summed E-state index contributed by atoms with van der Waals surface area (Å²) in [5, 5.41) is 10.4. The highest BCUT2D eigenvalue weighted by molar-refractivity contribution is 7.89. The number of rotatable bonds is 1. The molecule has 0 unspecified atom stereocenters. The first kappa shape index (κ1) is 6.24. The van der Waals surface area contributed by atoms with Crippen LogP contribution in [0.4, 0.5) is 0 Å². The number of nitrogens with zero attached hydrogens (tertiary/aromatic N) is 1. The van der Waals surface area contributed by atoms with E-state index in [1.807, 2.05) is 0 Å². The van der Waals surface area contributed by atoms with Gasteiger partial charge in [0.25, 0.3) is 0 Å². The van der Waals surface area contributed by atoms with E-state index < -0.39 is 10.0 Å². The van der Waals surface area contributed by atoms with Crippen LogP contribution in [0.2, 0.25) is 0 Å². The summed E-state index contributed by atoms with van der Waals surface area (Å²) < 4.78 is 20.8. The number of hydrogen-bond donors (Lipinski definition) is 2. The van der Waals surface area contributed by atoms with E-state index in [-0.39, 0.29) is 4.90 Å². The molecule has 1 rings (SSSR count). The molecule has 1 aromatic rings. The smallest absolute Gasteiger partial charge is 0.241 e. The van der Waals surface area contributed by atoms with Crippen LogP contribution in [0.25, 0.3) is 0 Å². The minimum Gasteiger partial charge on any atom is -0.284 e. The van der Waals surface area contributed by atoms with Gasteiger partial charge in [0.05, 0.1) is 6.20 Å². The van der Waals surface area contributed by atoms with Crippen molar-refractivity contribution < 1.29 is 8.42 Å². The topological polar surface area (TPSA) is 88.8 Å². The highest BCUT2D eigenvalue weighted by atomic mass is 32.2. The molecule has 50 valence electrons. The Morgan fingerprint density at radius 3 is 2.56 bits per heavy atom. The molecule has 0 saturated carbocycles. The van der Waals surface area contributed by atoms with Crippen LogP contribution in [0.5, 0.6) is 0 Å². The van der Waals surface area contributed by atoms with Gasteiger partial charge in [-0.2, -0.15) is 5.10 Å². The van der Waals surface area contributed by atoms with Gasteiger partial charge in [-0.15, -0.1) is 0 Å². The quantitative estimate of drug-likeness (QED) is 0.537. The van der Waals surface area contributed by atoms with Crippen molar-refractivity contribution in [2.45, 2.75) is 4.90 Å². The second kappa shape index (κ2) is 1.82. The maximum absolute atomic E-state index is 10.4. The molecule has 5 nitrogen and oxygen atoms in total. The summed E-state index contributed by atoms with van der Waals surface area (Å²) in [7, 11) is -3.55. The van der Waals surface area contributed by atoms with Gasteiger partial charge in [0.2, 0.25) is 10.0 Å². The fraction of sp³-hybridized carbons (Fsp3) is 0. The van der Waals surface area contributed by atoms with Crippen LogP contribution in [0.1, 0.15) is 0 Å². The molecule has 0 aliphatic carbocycles. The Labute approximate surface area is 51.9 Å². The number of nitrogens with one attached hydrogen (secondary N) is 1. The number of H-pyrrole nitrogens is 1. The van der Waals surface area contributed by atoms with Crippen molar-refractivity contribution in [1.29, 1.82) is 0 Å². The highest BCUT2D eigenvalue weighted by Crippen LogP contribution is 1.98. The van der Waals surface area contributed by atoms with E-state index in [0.29, 0.717) is 0 Å². The van der Waals surface area contributed by atoms with Crippen molar-refractivity contribution in [3.63, 3.8) is 0 Å². The van der Waals surface area contributed by atoms with E-state index in [1.165, 1.54) is 6.20 Å². The van der Waals surface area contributed by atoms with Crippen LogP contribution in [-0.4, -0.2) is 18.6 Å². The Morgan fingerprint density at radius 1 is 1.67 bits per heavy atom. The molecule has 0 saturated heterocycles. The van der Waals surface area contributed by atoms with Crippen molar-refractivity contribution in [3.05, 3.63) is 12.4 Å². The Morgan fingerprint density at radius 2 is 2.33 bits per heavy atom. The molecular formula is C3H5N3O2S. The third-order valence-corrected chi connectivity index (χ3v) is 1.68. The maximum atomic E-state index is 10.4. The van der Waals surface area contributed by atoms with Crippen molar-refractivity contribution in [2.75, 3.05) is 0 Å². The lowest BCUT2D eigenvalue weighted by molar-refractivity contribution is 0.598. The van der Waals surface area contributed by atoms with Gasteiger partial charge in [-0.05, 0) is 0 Å². The van der Waals surface area contributed by atoms with E-state index in [4.69, 9.17) is 5.14 Å². The van der Waals surface area contributed by atoms with E-state index in [2.05, 4.69) is 10.2 Å². The van der Waals surface area contributed by atoms with Gasteiger partial charge >= 0.3 is 0 Å².